The molecule has 2 N–H and O–H groups in total. The molecule has 0 aliphatic rings. The van der Waals surface area contributed by atoms with Crippen LogP contribution in [0.2, 0.25) is 0 Å². The summed E-state index contributed by atoms with van der Waals surface area (Å²) in [5, 5.41) is 10.2. The van der Waals surface area contributed by atoms with E-state index < -0.39 is 0 Å². The smallest absolute Gasteiger partial charge is 0.224 e. The van der Waals surface area contributed by atoms with Crippen molar-refractivity contribution in [2.24, 2.45) is 0 Å². The molecule has 23 heavy (non-hydrogen) atoms. The van der Waals surface area contributed by atoms with Crippen LogP contribution in [-0.2, 0) is 4.79 Å². The minimum absolute atomic E-state index is 0.000241. The lowest BCUT2D eigenvalue weighted by atomic mass is 10.2. The van der Waals surface area contributed by atoms with Crippen molar-refractivity contribution < 1.29 is 4.79 Å². The van der Waals surface area contributed by atoms with E-state index in [1.807, 2.05) is 43.0 Å². The van der Waals surface area contributed by atoms with Crippen LogP contribution in [0.25, 0.3) is 0 Å². The zero-order valence-corrected chi connectivity index (χ0v) is 14.0. The normalized spacial score (nSPS) is 9.83. The van der Waals surface area contributed by atoms with Gasteiger partial charge in [0.2, 0.25) is 5.91 Å². The van der Waals surface area contributed by atoms with Crippen molar-refractivity contribution in [1.82, 2.24) is 15.2 Å². The molecule has 1 aromatic carbocycles. The molecule has 120 valence electrons. The van der Waals surface area contributed by atoms with Crippen LogP contribution in [0, 0.1) is 12.0 Å². The number of anilines is 2. The molecule has 0 unspecified atom stereocenters. The summed E-state index contributed by atoms with van der Waals surface area (Å²) in [7, 11) is 0. The molecule has 1 aromatic heterocycles. The molecular weight excluding hydrogens is 310 g/mol. The van der Waals surface area contributed by atoms with Crippen LogP contribution in [-0.4, -0.2) is 33.4 Å². The number of hydrogen-bond donors (Lipinski definition) is 2. The van der Waals surface area contributed by atoms with E-state index in [1.54, 1.807) is 0 Å². The van der Waals surface area contributed by atoms with Crippen molar-refractivity contribution in [3.05, 3.63) is 30.6 Å². The molecule has 0 saturated heterocycles. The number of H-pyrrole nitrogens is 1. The minimum atomic E-state index is -0.000241. The molecule has 0 atom stereocenters. The molecule has 0 bridgehead atoms. The third-order valence-corrected chi connectivity index (χ3v) is 3.73. The highest BCUT2D eigenvalue weighted by Crippen LogP contribution is 2.19. The van der Waals surface area contributed by atoms with Gasteiger partial charge in [-0.1, -0.05) is 30.7 Å². The summed E-state index contributed by atoms with van der Waals surface area (Å²) in [6.07, 6.45) is 1.94. The number of nitrogens with one attached hydrogen (secondary N) is 2. The molecule has 0 aliphatic heterocycles. The Labute approximate surface area is 140 Å². The molecule has 7 heteroatoms. The number of aromatic nitrogens is 3. The van der Waals surface area contributed by atoms with E-state index in [9.17, 15) is 4.79 Å². The van der Waals surface area contributed by atoms with Crippen molar-refractivity contribution in [2.75, 3.05) is 22.5 Å². The van der Waals surface area contributed by atoms with Crippen molar-refractivity contribution in [3.8, 4) is 12.0 Å². The summed E-state index contributed by atoms with van der Waals surface area (Å²) >= 11 is 1.50. The predicted molar refractivity (Wildman–Crippen MR) is 93.3 cm³/mol. The van der Waals surface area contributed by atoms with Crippen LogP contribution in [0.3, 0.4) is 0 Å². The van der Waals surface area contributed by atoms with Gasteiger partial charge in [-0.05, 0) is 25.1 Å². The largest absolute Gasteiger partial charge is 0.326 e. The Morgan fingerprint density at radius 2 is 2.30 bits per heavy atom. The highest BCUT2D eigenvalue weighted by Gasteiger charge is 2.04. The number of amides is 1. The Balaban J connectivity index is 1.99. The standard InChI is InChI=1S/C16H19N5OS/c1-3-15(22)19-13-7-5-8-14(11-13)21(4-2)9-6-10-23-16-17-12-18-20-16/h5,7-8,11-12H,3-4,10H2,1-2H3,(H,19,22)(H,17,18,20). The lowest BCUT2D eigenvalue weighted by Crippen LogP contribution is -2.16. The number of nitrogens with zero attached hydrogens (tertiary/aromatic N) is 3. The molecular formula is C16H19N5OS. The van der Waals surface area contributed by atoms with Crippen LogP contribution in [0.5, 0.6) is 0 Å². The lowest BCUT2D eigenvalue weighted by Gasteiger charge is -2.16. The van der Waals surface area contributed by atoms with Gasteiger partial charge in [0.05, 0.1) is 11.4 Å². The van der Waals surface area contributed by atoms with E-state index in [0.29, 0.717) is 12.2 Å². The van der Waals surface area contributed by atoms with Crippen molar-refractivity contribution in [2.45, 2.75) is 25.4 Å². The molecule has 2 rings (SSSR count). The van der Waals surface area contributed by atoms with Gasteiger partial charge in [-0.25, -0.2) is 4.98 Å². The van der Waals surface area contributed by atoms with E-state index >= 15 is 0 Å². The second-order valence-corrected chi connectivity index (χ2v) is 5.53. The summed E-state index contributed by atoms with van der Waals surface area (Å²) in [5.41, 5.74) is 1.74. The lowest BCUT2D eigenvalue weighted by molar-refractivity contribution is -0.115. The van der Waals surface area contributed by atoms with E-state index in [-0.39, 0.29) is 5.91 Å². The Hall–Kier alpha value is -2.46. The van der Waals surface area contributed by atoms with E-state index in [0.717, 1.165) is 23.1 Å². The molecule has 6 nitrogen and oxygen atoms in total. The van der Waals surface area contributed by atoms with Crippen LogP contribution in [0.1, 0.15) is 20.3 Å². The summed E-state index contributed by atoms with van der Waals surface area (Å²) < 4.78 is 0. The summed E-state index contributed by atoms with van der Waals surface area (Å²) in [5.74, 6) is 3.73. The fraction of sp³-hybridized carbons (Fsp3) is 0.312. The Morgan fingerprint density at radius 1 is 1.43 bits per heavy atom. The van der Waals surface area contributed by atoms with Crippen LogP contribution < -0.4 is 10.2 Å². The number of benzene rings is 1. The van der Waals surface area contributed by atoms with E-state index in [1.165, 1.54) is 18.1 Å². The van der Waals surface area contributed by atoms with Gasteiger partial charge in [-0.15, -0.1) is 0 Å². The first kappa shape index (κ1) is 16.9. The first-order valence-electron chi connectivity index (χ1n) is 7.37. The van der Waals surface area contributed by atoms with E-state index in [2.05, 4.69) is 32.5 Å². The fourth-order valence-electron chi connectivity index (χ4n) is 1.82. The number of hydrogen-bond acceptors (Lipinski definition) is 5. The van der Waals surface area contributed by atoms with Crippen LogP contribution in [0.4, 0.5) is 11.4 Å². The van der Waals surface area contributed by atoms with E-state index in [4.69, 9.17) is 0 Å². The molecule has 0 saturated carbocycles. The third-order valence-electron chi connectivity index (χ3n) is 2.97. The molecule has 0 fully saturated rings. The van der Waals surface area contributed by atoms with Gasteiger partial charge < -0.3 is 10.2 Å². The molecule has 0 aliphatic carbocycles. The summed E-state index contributed by atoms with van der Waals surface area (Å²) in [6, 6.07) is 10.8. The molecule has 2 aromatic rings. The molecule has 1 heterocycles. The quantitative estimate of drug-likeness (QED) is 0.484. The molecule has 0 spiro atoms. The number of rotatable bonds is 6. The number of aromatic amines is 1. The summed E-state index contributed by atoms with van der Waals surface area (Å²) in [4.78, 5) is 17.5. The Morgan fingerprint density at radius 3 is 3.00 bits per heavy atom. The maximum atomic E-state index is 11.5. The SMILES string of the molecule is CCC(=O)Nc1cccc(N(C#CCSc2ncn[nH]2)CC)c1. The monoisotopic (exact) mass is 329 g/mol. The van der Waals surface area contributed by atoms with Gasteiger partial charge in [-0.3, -0.25) is 9.89 Å². The maximum Gasteiger partial charge on any atom is 0.224 e. The number of thioether (sulfide) groups is 1. The van der Waals surface area contributed by atoms with Gasteiger partial charge in [0, 0.05) is 24.7 Å². The third kappa shape index (κ3) is 5.34. The second kappa shape index (κ2) is 8.86. The zero-order chi connectivity index (χ0) is 16.5. The topological polar surface area (TPSA) is 73.9 Å². The van der Waals surface area contributed by atoms with Crippen molar-refractivity contribution in [1.29, 1.82) is 0 Å². The fourth-order valence-corrected chi connectivity index (χ4v) is 2.34. The predicted octanol–water partition coefficient (Wildman–Crippen LogP) is 2.73. The molecule has 1 amide bonds. The summed E-state index contributed by atoms with van der Waals surface area (Å²) in [6.45, 7) is 4.62. The van der Waals surface area contributed by atoms with Crippen molar-refractivity contribution in [3.63, 3.8) is 0 Å². The molecule has 0 radical (unpaired) electrons. The average Bonchev–Trinajstić information content (AvgIpc) is 3.08. The first-order chi connectivity index (χ1) is 11.2. The van der Waals surface area contributed by atoms with Crippen LogP contribution in [0.15, 0.2) is 35.7 Å². The maximum absolute atomic E-state index is 11.5. The van der Waals surface area contributed by atoms with Gasteiger partial charge >= 0.3 is 0 Å². The average molecular weight is 329 g/mol. The van der Waals surface area contributed by atoms with Crippen LogP contribution >= 0.6 is 11.8 Å². The highest BCUT2D eigenvalue weighted by atomic mass is 32.2. The Bertz CT molecular complexity index is 690. The zero-order valence-electron chi connectivity index (χ0n) is 13.2. The highest BCUT2D eigenvalue weighted by molar-refractivity contribution is 7.99. The second-order valence-electron chi connectivity index (χ2n) is 4.56. The van der Waals surface area contributed by atoms with Gasteiger partial charge in [0.1, 0.15) is 6.33 Å². The Kier molecular flexibility index (Phi) is 6.51. The number of carbonyl (C=O) groups excluding carboxylic acids is 1. The van der Waals surface area contributed by atoms with Crippen molar-refractivity contribution >= 4 is 29.0 Å². The minimum Gasteiger partial charge on any atom is -0.326 e. The first-order valence-corrected chi connectivity index (χ1v) is 8.35. The number of carbonyl (C=O) groups is 1. The van der Waals surface area contributed by atoms with Gasteiger partial charge in [0.15, 0.2) is 5.16 Å². The van der Waals surface area contributed by atoms with Gasteiger partial charge in [-0.2, -0.15) is 5.10 Å². The van der Waals surface area contributed by atoms with Gasteiger partial charge in [0.25, 0.3) is 0 Å².